The fourth-order valence-electron chi connectivity index (χ4n) is 4.16. The Balaban J connectivity index is 1.84. The van der Waals surface area contributed by atoms with Gasteiger partial charge in [0, 0.05) is 30.6 Å². The molecule has 2 heterocycles. The van der Waals surface area contributed by atoms with Gasteiger partial charge < -0.3 is 19.6 Å². The van der Waals surface area contributed by atoms with Crippen LogP contribution in [0.2, 0.25) is 0 Å². The fourth-order valence-corrected chi connectivity index (χ4v) is 4.16. The maximum Gasteiger partial charge on any atom is 0.295 e. The Labute approximate surface area is 180 Å². The molecule has 162 valence electrons. The summed E-state index contributed by atoms with van der Waals surface area (Å²) in [7, 11) is 3.70. The second-order valence-electron chi connectivity index (χ2n) is 8.27. The highest BCUT2D eigenvalue weighted by atomic mass is 19.1. The predicted molar refractivity (Wildman–Crippen MR) is 114 cm³/mol. The zero-order chi connectivity index (χ0) is 22.3. The summed E-state index contributed by atoms with van der Waals surface area (Å²) in [5, 5.41) is 11.1. The molecular weight excluding hydrogens is 399 g/mol. The number of carbonyl (C=O) groups excluding carboxylic acids is 2. The number of carbonyl (C=O) groups is 2. The van der Waals surface area contributed by atoms with E-state index in [1.807, 2.05) is 25.9 Å². The quantitative estimate of drug-likeness (QED) is 0.454. The van der Waals surface area contributed by atoms with Crippen molar-refractivity contribution in [1.29, 1.82) is 0 Å². The molecule has 0 bridgehead atoms. The fraction of sp³-hybridized carbons (Fsp3) is 0.333. The van der Waals surface area contributed by atoms with E-state index in [-0.39, 0.29) is 29.5 Å². The largest absolute Gasteiger partial charge is 0.507 e. The van der Waals surface area contributed by atoms with Crippen LogP contribution in [0.4, 0.5) is 4.39 Å². The van der Waals surface area contributed by atoms with Gasteiger partial charge in [0.05, 0.1) is 11.6 Å². The van der Waals surface area contributed by atoms with Crippen LogP contribution in [-0.4, -0.2) is 59.9 Å². The van der Waals surface area contributed by atoms with Gasteiger partial charge in [0.2, 0.25) is 0 Å². The van der Waals surface area contributed by atoms with E-state index in [0.717, 1.165) is 11.3 Å². The SMILES string of the molecule is C[C@H]1Cc2cc(/C(O)=C3\C(=O)C(=O)N(CCN(C)C)[C@H]3c3ccccc3F)ccc2O1. The maximum atomic E-state index is 14.7. The first-order valence-corrected chi connectivity index (χ1v) is 10.3. The summed E-state index contributed by atoms with van der Waals surface area (Å²) < 4.78 is 20.5. The Morgan fingerprint density at radius 3 is 2.68 bits per heavy atom. The van der Waals surface area contributed by atoms with Crippen molar-refractivity contribution in [3.63, 3.8) is 0 Å². The van der Waals surface area contributed by atoms with Gasteiger partial charge in [0.15, 0.2) is 0 Å². The number of aliphatic hydroxyl groups is 1. The van der Waals surface area contributed by atoms with Gasteiger partial charge in [-0.1, -0.05) is 18.2 Å². The molecule has 2 aromatic rings. The molecule has 0 unspecified atom stereocenters. The minimum Gasteiger partial charge on any atom is -0.507 e. The van der Waals surface area contributed by atoms with Crippen LogP contribution in [0.3, 0.4) is 0 Å². The lowest BCUT2D eigenvalue weighted by atomic mass is 9.94. The van der Waals surface area contributed by atoms with Gasteiger partial charge in [0.25, 0.3) is 11.7 Å². The number of halogens is 1. The number of ketones is 1. The van der Waals surface area contributed by atoms with E-state index in [1.54, 1.807) is 36.4 Å². The van der Waals surface area contributed by atoms with E-state index in [2.05, 4.69) is 0 Å². The molecule has 0 saturated carbocycles. The molecule has 2 aliphatic rings. The monoisotopic (exact) mass is 424 g/mol. The average molecular weight is 424 g/mol. The van der Waals surface area contributed by atoms with E-state index >= 15 is 0 Å². The van der Waals surface area contributed by atoms with E-state index in [1.165, 1.54) is 11.0 Å². The molecule has 6 nitrogen and oxygen atoms in total. The van der Waals surface area contributed by atoms with Crippen molar-refractivity contribution in [2.45, 2.75) is 25.5 Å². The number of fused-ring (bicyclic) bond motifs is 1. The molecular formula is C24H25FN2O4. The predicted octanol–water partition coefficient (Wildman–Crippen LogP) is 3.13. The zero-order valence-corrected chi connectivity index (χ0v) is 17.8. The molecule has 7 heteroatoms. The van der Waals surface area contributed by atoms with Crippen LogP contribution >= 0.6 is 0 Å². The van der Waals surface area contributed by atoms with Gasteiger partial charge in [-0.25, -0.2) is 4.39 Å². The number of hydrogen-bond donors (Lipinski definition) is 1. The average Bonchev–Trinajstić information content (AvgIpc) is 3.22. The highest BCUT2D eigenvalue weighted by molar-refractivity contribution is 6.46. The zero-order valence-electron chi connectivity index (χ0n) is 17.8. The Hall–Kier alpha value is -3.19. The second-order valence-corrected chi connectivity index (χ2v) is 8.27. The van der Waals surface area contributed by atoms with Gasteiger partial charge >= 0.3 is 0 Å². The van der Waals surface area contributed by atoms with Crippen molar-refractivity contribution < 1.29 is 23.8 Å². The van der Waals surface area contributed by atoms with Gasteiger partial charge in [0.1, 0.15) is 23.4 Å². The first-order chi connectivity index (χ1) is 14.8. The Morgan fingerprint density at radius 2 is 1.97 bits per heavy atom. The first kappa shape index (κ1) is 21.1. The van der Waals surface area contributed by atoms with Gasteiger partial charge in [-0.3, -0.25) is 9.59 Å². The van der Waals surface area contributed by atoms with Crippen LogP contribution in [0, 0.1) is 5.82 Å². The molecule has 0 radical (unpaired) electrons. The Morgan fingerprint density at radius 1 is 1.23 bits per heavy atom. The van der Waals surface area contributed by atoms with Crippen LogP contribution in [0.25, 0.3) is 5.76 Å². The van der Waals surface area contributed by atoms with Crippen molar-refractivity contribution in [2.24, 2.45) is 0 Å². The molecule has 31 heavy (non-hydrogen) atoms. The molecule has 2 aliphatic heterocycles. The summed E-state index contributed by atoms with van der Waals surface area (Å²) >= 11 is 0. The molecule has 4 rings (SSSR count). The number of Topliss-reactive ketones (excluding diaryl/α,β-unsaturated/α-hetero) is 1. The van der Waals surface area contributed by atoms with Gasteiger partial charge in [-0.2, -0.15) is 0 Å². The first-order valence-electron chi connectivity index (χ1n) is 10.3. The van der Waals surface area contributed by atoms with E-state index in [4.69, 9.17) is 4.74 Å². The number of hydrogen-bond acceptors (Lipinski definition) is 5. The lowest BCUT2D eigenvalue weighted by Gasteiger charge is -2.26. The standard InChI is InChI=1S/C24H25FN2O4/c1-14-12-16-13-15(8-9-19(16)31-14)22(28)20-21(17-6-4-5-7-18(17)25)27(11-10-26(2)3)24(30)23(20)29/h4-9,13-14,21,28H,10-12H2,1-3H3/b22-20+/t14-,21-/m0/s1. The summed E-state index contributed by atoms with van der Waals surface area (Å²) in [6.45, 7) is 2.67. The third-order valence-electron chi connectivity index (χ3n) is 5.70. The number of likely N-dealkylation sites (N-methyl/N-ethyl adjacent to an activating group) is 1. The molecule has 0 aliphatic carbocycles. The summed E-state index contributed by atoms with van der Waals surface area (Å²) in [6, 6.07) is 10.2. The third-order valence-corrected chi connectivity index (χ3v) is 5.70. The van der Waals surface area contributed by atoms with Crippen molar-refractivity contribution in [2.75, 3.05) is 27.2 Å². The second kappa shape index (κ2) is 8.15. The van der Waals surface area contributed by atoms with Crippen molar-refractivity contribution in [3.8, 4) is 5.75 Å². The smallest absolute Gasteiger partial charge is 0.295 e. The summed E-state index contributed by atoms with van der Waals surface area (Å²) in [6.07, 6.45) is 0.715. The number of aliphatic hydroxyl groups excluding tert-OH is 1. The van der Waals surface area contributed by atoms with Crippen molar-refractivity contribution >= 4 is 17.4 Å². The molecule has 2 atom stereocenters. The molecule has 1 fully saturated rings. The van der Waals surface area contributed by atoms with Crippen LogP contribution < -0.4 is 4.74 Å². The lowest BCUT2D eigenvalue weighted by Crippen LogP contribution is -2.35. The highest BCUT2D eigenvalue weighted by Crippen LogP contribution is 2.41. The number of benzene rings is 2. The molecule has 1 N–H and O–H groups in total. The number of amides is 1. The molecule has 0 spiro atoms. The summed E-state index contributed by atoms with van der Waals surface area (Å²) in [4.78, 5) is 29.1. The number of likely N-dealkylation sites (tertiary alicyclic amines) is 1. The number of ether oxygens (including phenoxy) is 1. The van der Waals surface area contributed by atoms with Crippen molar-refractivity contribution in [1.82, 2.24) is 9.80 Å². The highest BCUT2D eigenvalue weighted by Gasteiger charge is 2.46. The van der Waals surface area contributed by atoms with Crippen LogP contribution in [-0.2, 0) is 16.0 Å². The Kier molecular flexibility index (Phi) is 5.54. The number of rotatable bonds is 5. The topological polar surface area (TPSA) is 70.1 Å². The molecule has 1 saturated heterocycles. The van der Waals surface area contributed by atoms with Crippen LogP contribution in [0.5, 0.6) is 5.75 Å². The maximum absolute atomic E-state index is 14.7. The Bertz CT molecular complexity index is 1080. The van der Waals surface area contributed by atoms with Gasteiger partial charge in [-0.05, 0) is 50.8 Å². The minimum atomic E-state index is -0.996. The van der Waals surface area contributed by atoms with Crippen LogP contribution in [0.15, 0.2) is 48.0 Å². The number of nitrogens with zero attached hydrogens (tertiary/aromatic N) is 2. The van der Waals surface area contributed by atoms with Crippen LogP contribution in [0.1, 0.15) is 29.7 Å². The molecule has 0 aromatic heterocycles. The summed E-state index contributed by atoms with van der Waals surface area (Å²) in [5.41, 5.74) is 1.41. The minimum absolute atomic E-state index is 0.0300. The summed E-state index contributed by atoms with van der Waals surface area (Å²) in [5.74, 6) is -1.65. The van der Waals surface area contributed by atoms with E-state index in [0.29, 0.717) is 18.5 Å². The molecule has 2 aromatic carbocycles. The van der Waals surface area contributed by atoms with Crippen molar-refractivity contribution in [3.05, 3.63) is 70.5 Å². The lowest BCUT2D eigenvalue weighted by molar-refractivity contribution is -0.140. The van der Waals surface area contributed by atoms with Gasteiger partial charge in [-0.15, -0.1) is 0 Å². The normalized spacial score (nSPS) is 22.2. The van der Waals surface area contributed by atoms with E-state index < -0.39 is 23.5 Å². The van der Waals surface area contributed by atoms with E-state index in [9.17, 15) is 19.1 Å². The third kappa shape index (κ3) is 3.81. The molecule has 1 amide bonds.